The van der Waals surface area contributed by atoms with Gasteiger partial charge in [0.2, 0.25) is 0 Å². The molecule has 1 aromatic heterocycles. The highest BCUT2D eigenvalue weighted by atomic mass is 32.1. The van der Waals surface area contributed by atoms with Crippen LogP contribution in [0, 0.1) is 25.2 Å². The number of nitrogens with zero attached hydrogens (tertiary/aromatic N) is 2. The van der Waals surface area contributed by atoms with Crippen molar-refractivity contribution in [1.82, 2.24) is 4.98 Å². The highest BCUT2D eigenvalue weighted by Crippen LogP contribution is 2.26. The van der Waals surface area contributed by atoms with Crippen molar-refractivity contribution in [2.24, 2.45) is 0 Å². The average molecular weight is 290 g/mol. The lowest BCUT2D eigenvalue weighted by atomic mass is 10.1. The van der Waals surface area contributed by atoms with Gasteiger partial charge < -0.3 is 0 Å². The molecule has 0 aliphatic rings. The van der Waals surface area contributed by atoms with Gasteiger partial charge in [-0.3, -0.25) is 0 Å². The third-order valence-corrected chi connectivity index (χ3v) is 4.46. The Bertz CT molecular complexity index is 826. The van der Waals surface area contributed by atoms with E-state index in [-0.39, 0.29) is 0 Å². The maximum atomic E-state index is 8.79. The summed E-state index contributed by atoms with van der Waals surface area (Å²) in [7, 11) is 0. The molecule has 0 amide bonds. The third-order valence-electron chi connectivity index (χ3n) is 3.48. The smallest absolute Gasteiger partial charge is 0.117 e. The molecule has 2 aromatic carbocycles. The fourth-order valence-electron chi connectivity index (χ4n) is 2.11. The van der Waals surface area contributed by atoms with Crippen LogP contribution >= 0.6 is 11.3 Å². The molecule has 0 saturated carbocycles. The third kappa shape index (κ3) is 2.86. The van der Waals surface area contributed by atoms with Crippen LogP contribution in [-0.4, -0.2) is 4.98 Å². The lowest BCUT2D eigenvalue weighted by Gasteiger charge is -1.96. The van der Waals surface area contributed by atoms with Crippen LogP contribution in [0.3, 0.4) is 0 Å². The van der Waals surface area contributed by atoms with E-state index in [9.17, 15) is 0 Å². The predicted octanol–water partition coefficient (Wildman–Crippen LogP) is 4.96. The van der Waals surface area contributed by atoms with Crippen LogP contribution in [0.5, 0.6) is 0 Å². The molecule has 0 N–H and O–H groups in total. The first-order chi connectivity index (χ1) is 10.2. The predicted molar refractivity (Wildman–Crippen MR) is 89.2 cm³/mol. The van der Waals surface area contributed by atoms with E-state index in [1.165, 1.54) is 15.8 Å². The van der Waals surface area contributed by atoms with Crippen molar-refractivity contribution >= 4 is 33.7 Å². The van der Waals surface area contributed by atoms with E-state index in [1.807, 2.05) is 36.4 Å². The zero-order valence-corrected chi connectivity index (χ0v) is 12.7. The second kappa shape index (κ2) is 5.51. The van der Waals surface area contributed by atoms with Gasteiger partial charge in [-0.1, -0.05) is 18.2 Å². The normalized spacial score (nSPS) is 11.1. The maximum absolute atomic E-state index is 8.79. The van der Waals surface area contributed by atoms with E-state index in [1.54, 1.807) is 11.3 Å². The van der Waals surface area contributed by atoms with Crippen LogP contribution in [0.15, 0.2) is 36.4 Å². The largest absolute Gasteiger partial charge is 0.237 e. The van der Waals surface area contributed by atoms with Crippen molar-refractivity contribution in [2.75, 3.05) is 0 Å². The molecule has 0 bridgehead atoms. The monoisotopic (exact) mass is 290 g/mol. The first-order valence-corrected chi connectivity index (χ1v) is 7.53. The standard InChI is InChI=1S/C18H14N2S/c1-12-9-16-17(10-13(12)2)21-18(20-16)8-7-14-3-5-15(11-19)6-4-14/h3-10H,1-2H3. The van der Waals surface area contributed by atoms with Crippen molar-refractivity contribution in [3.63, 3.8) is 0 Å². The number of fused-ring (bicyclic) bond motifs is 1. The molecular formula is C18H14N2S. The van der Waals surface area contributed by atoms with Crippen molar-refractivity contribution in [1.29, 1.82) is 5.26 Å². The number of nitriles is 1. The molecule has 2 nitrogen and oxygen atoms in total. The van der Waals surface area contributed by atoms with Crippen LogP contribution in [0.4, 0.5) is 0 Å². The van der Waals surface area contributed by atoms with Gasteiger partial charge >= 0.3 is 0 Å². The molecule has 0 unspecified atom stereocenters. The van der Waals surface area contributed by atoms with E-state index in [0.717, 1.165) is 16.1 Å². The molecule has 0 aliphatic carbocycles. The van der Waals surface area contributed by atoms with E-state index in [2.05, 4.69) is 37.0 Å². The summed E-state index contributed by atoms with van der Waals surface area (Å²) < 4.78 is 1.22. The minimum atomic E-state index is 0.679. The molecule has 0 fully saturated rings. The maximum Gasteiger partial charge on any atom is 0.117 e. The first-order valence-electron chi connectivity index (χ1n) is 6.72. The number of aromatic nitrogens is 1. The fourth-order valence-corrected chi connectivity index (χ4v) is 3.06. The summed E-state index contributed by atoms with van der Waals surface area (Å²) >= 11 is 1.70. The summed E-state index contributed by atoms with van der Waals surface area (Å²) in [5.41, 5.74) is 5.38. The van der Waals surface area contributed by atoms with Gasteiger partial charge in [-0.2, -0.15) is 5.26 Å². The Morgan fingerprint density at radius 1 is 1.05 bits per heavy atom. The molecule has 0 saturated heterocycles. The van der Waals surface area contributed by atoms with Gasteiger partial charge in [0.05, 0.1) is 21.8 Å². The molecule has 3 rings (SSSR count). The summed E-state index contributed by atoms with van der Waals surface area (Å²) in [5.74, 6) is 0. The Labute approximate surface area is 128 Å². The summed E-state index contributed by atoms with van der Waals surface area (Å²) in [4.78, 5) is 4.64. The second-order valence-corrected chi connectivity index (χ2v) is 6.09. The summed E-state index contributed by atoms with van der Waals surface area (Å²) in [6, 6.07) is 14.0. The van der Waals surface area contributed by atoms with Gasteiger partial charge in [-0.15, -0.1) is 11.3 Å². The molecule has 0 atom stereocenters. The van der Waals surface area contributed by atoms with Gasteiger partial charge in [-0.25, -0.2) is 4.98 Å². The molecule has 0 radical (unpaired) electrons. The Balaban J connectivity index is 1.90. The van der Waals surface area contributed by atoms with Crippen molar-refractivity contribution in [3.8, 4) is 6.07 Å². The first kappa shape index (κ1) is 13.5. The fraction of sp³-hybridized carbons (Fsp3) is 0.111. The molecule has 21 heavy (non-hydrogen) atoms. The van der Waals surface area contributed by atoms with E-state index < -0.39 is 0 Å². The molecule has 0 spiro atoms. The summed E-state index contributed by atoms with van der Waals surface area (Å²) in [6.45, 7) is 4.24. The van der Waals surface area contributed by atoms with Crippen molar-refractivity contribution in [2.45, 2.75) is 13.8 Å². The number of hydrogen-bond acceptors (Lipinski definition) is 3. The number of aryl methyl sites for hydroxylation is 2. The van der Waals surface area contributed by atoms with Crippen LogP contribution in [-0.2, 0) is 0 Å². The Morgan fingerprint density at radius 3 is 2.48 bits per heavy atom. The molecule has 3 heteroatoms. The quantitative estimate of drug-likeness (QED) is 0.669. The molecular weight excluding hydrogens is 276 g/mol. The highest BCUT2D eigenvalue weighted by Gasteiger charge is 2.03. The van der Waals surface area contributed by atoms with E-state index in [4.69, 9.17) is 5.26 Å². The van der Waals surface area contributed by atoms with Crippen LogP contribution in [0.2, 0.25) is 0 Å². The zero-order valence-electron chi connectivity index (χ0n) is 11.9. The molecule has 102 valence electrons. The van der Waals surface area contributed by atoms with Gasteiger partial charge in [-0.05, 0) is 60.9 Å². The highest BCUT2D eigenvalue weighted by molar-refractivity contribution is 7.19. The Hall–Kier alpha value is -2.44. The van der Waals surface area contributed by atoms with Crippen molar-refractivity contribution < 1.29 is 0 Å². The zero-order chi connectivity index (χ0) is 14.8. The van der Waals surface area contributed by atoms with Crippen LogP contribution in [0.1, 0.15) is 27.3 Å². The van der Waals surface area contributed by atoms with Crippen molar-refractivity contribution in [3.05, 3.63) is 63.7 Å². The lowest BCUT2D eigenvalue weighted by molar-refractivity contribution is 1.35. The molecule has 3 aromatic rings. The topological polar surface area (TPSA) is 36.7 Å². The van der Waals surface area contributed by atoms with E-state index >= 15 is 0 Å². The molecule has 0 aliphatic heterocycles. The van der Waals surface area contributed by atoms with Gasteiger partial charge in [0.25, 0.3) is 0 Å². The minimum Gasteiger partial charge on any atom is -0.237 e. The second-order valence-electron chi connectivity index (χ2n) is 5.02. The summed E-state index contributed by atoms with van der Waals surface area (Å²) in [5, 5.41) is 9.78. The summed E-state index contributed by atoms with van der Waals surface area (Å²) in [6.07, 6.45) is 4.05. The van der Waals surface area contributed by atoms with E-state index in [0.29, 0.717) is 5.56 Å². The number of benzene rings is 2. The van der Waals surface area contributed by atoms with Gasteiger partial charge in [0, 0.05) is 0 Å². The van der Waals surface area contributed by atoms with Crippen LogP contribution < -0.4 is 0 Å². The SMILES string of the molecule is Cc1cc2nc(C=Cc3ccc(C#N)cc3)sc2cc1C. The lowest BCUT2D eigenvalue weighted by Crippen LogP contribution is -1.79. The molecule has 1 heterocycles. The number of rotatable bonds is 2. The van der Waals surface area contributed by atoms with Gasteiger partial charge in [0.15, 0.2) is 0 Å². The Kier molecular flexibility index (Phi) is 3.55. The average Bonchev–Trinajstić information content (AvgIpc) is 2.88. The minimum absolute atomic E-state index is 0.679. The van der Waals surface area contributed by atoms with Crippen LogP contribution in [0.25, 0.3) is 22.4 Å². The Morgan fingerprint density at radius 2 is 1.76 bits per heavy atom. The number of thiazole rings is 1. The number of hydrogen-bond donors (Lipinski definition) is 0. The van der Waals surface area contributed by atoms with Gasteiger partial charge in [0.1, 0.15) is 5.01 Å².